The number of rotatable bonds is 13. The van der Waals surface area contributed by atoms with Gasteiger partial charge in [0.2, 0.25) is 0 Å². The van der Waals surface area contributed by atoms with Gasteiger partial charge in [0.1, 0.15) is 11.9 Å². The molecule has 0 spiro atoms. The Labute approximate surface area is 336 Å². The van der Waals surface area contributed by atoms with Gasteiger partial charge < -0.3 is 19.8 Å². The van der Waals surface area contributed by atoms with E-state index in [1.54, 1.807) is 13.8 Å². The van der Waals surface area contributed by atoms with Crippen LogP contribution in [0, 0.1) is 62.5 Å². The lowest BCUT2D eigenvalue weighted by Gasteiger charge is -2.68. The van der Waals surface area contributed by atoms with Crippen LogP contribution in [0.2, 0.25) is 0 Å². The Morgan fingerprint density at radius 1 is 0.929 bits per heavy atom. The molecular formula is C47H71FN2O6. The number of hydrogen-bond acceptors (Lipinski definition) is 7. The lowest BCUT2D eigenvalue weighted by Crippen LogP contribution is -2.62. The van der Waals surface area contributed by atoms with Crippen molar-refractivity contribution in [2.24, 2.45) is 56.7 Å². The summed E-state index contributed by atoms with van der Waals surface area (Å²) in [6.07, 6.45) is 7.07. The Hall–Kier alpha value is -2.62. The molecule has 4 fully saturated rings. The molecule has 5 aliphatic carbocycles. The van der Waals surface area contributed by atoms with Gasteiger partial charge in [0, 0.05) is 43.4 Å². The van der Waals surface area contributed by atoms with E-state index in [1.165, 1.54) is 17.7 Å². The number of benzene rings is 1. The Morgan fingerprint density at radius 2 is 1.57 bits per heavy atom. The van der Waals surface area contributed by atoms with Crippen molar-refractivity contribution >= 4 is 17.7 Å². The zero-order valence-corrected chi connectivity index (χ0v) is 36.1. The van der Waals surface area contributed by atoms with Crippen LogP contribution in [0.1, 0.15) is 125 Å². The molecule has 0 unspecified atom stereocenters. The van der Waals surface area contributed by atoms with E-state index in [0.717, 1.165) is 75.6 Å². The number of carbonyl (C=O) groups is 3. The molecule has 0 aromatic heterocycles. The van der Waals surface area contributed by atoms with Gasteiger partial charge in [-0.05, 0) is 143 Å². The summed E-state index contributed by atoms with van der Waals surface area (Å²) in [5, 5.41) is 22.2. The van der Waals surface area contributed by atoms with E-state index < -0.39 is 28.9 Å². The second kappa shape index (κ2) is 15.5. The predicted octanol–water partition coefficient (Wildman–Crippen LogP) is 8.55. The maximum Gasteiger partial charge on any atom is 0.309 e. The van der Waals surface area contributed by atoms with Crippen molar-refractivity contribution in [3.63, 3.8) is 0 Å². The Kier molecular flexibility index (Phi) is 11.9. The van der Waals surface area contributed by atoms with E-state index in [1.807, 2.05) is 12.1 Å². The number of carbonyl (C=O) groups excluding carboxylic acids is 2. The minimum Gasteiger partial charge on any atom is -0.481 e. The van der Waals surface area contributed by atoms with Crippen LogP contribution in [0.3, 0.4) is 0 Å². The normalized spacial score (nSPS) is 34.6. The van der Waals surface area contributed by atoms with Gasteiger partial charge in [-0.3, -0.25) is 19.3 Å². The highest BCUT2D eigenvalue weighted by Crippen LogP contribution is 2.73. The maximum atomic E-state index is 14.2. The molecule has 0 bridgehead atoms. The number of aliphatic carboxylic acids is 1. The molecule has 4 saturated carbocycles. The van der Waals surface area contributed by atoms with Gasteiger partial charge in [-0.1, -0.05) is 59.2 Å². The summed E-state index contributed by atoms with van der Waals surface area (Å²) in [4.78, 5) is 43.5. The first-order valence-corrected chi connectivity index (χ1v) is 21.6. The number of carboxylic acids is 1. The van der Waals surface area contributed by atoms with Crippen LogP contribution in [0.25, 0.3) is 0 Å². The summed E-state index contributed by atoms with van der Waals surface area (Å²) in [5.41, 5.74) is 1.35. The summed E-state index contributed by atoms with van der Waals surface area (Å²) < 4.78 is 20.0. The number of allylic oxidation sites excluding steroid dienone is 1. The van der Waals surface area contributed by atoms with Gasteiger partial charge in [0.25, 0.3) is 0 Å². The fraction of sp³-hybridized carbons (Fsp3) is 0.766. The van der Waals surface area contributed by atoms with E-state index in [9.17, 15) is 29.0 Å². The molecule has 6 rings (SSSR count). The molecule has 56 heavy (non-hydrogen) atoms. The first-order valence-electron chi connectivity index (χ1n) is 21.6. The van der Waals surface area contributed by atoms with Gasteiger partial charge in [0.05, 0.1) is 17.9 Å². The van der Waals surface area contributed by atoms with Gasteiger partial charge in [-0.15, -0.1) is 0 Å². The molecule has 0 saturated heterocycles. The third-order valence-corrected chi connectivity index (χ3v) is 16.3. The standard InChI is InChI=1S/C47H71FN2O6/c1-29(2)40-35(51)25-47(37(52)28-50(24-23-49(9)10)27-30-11-13-31(48)14-12-30)22-21-45(7)32-17-18-36-44(5,6)38(56-39(53)26-43(3,4)42(54)55)19-20-46(36,8)33(32)15-16-34(45)41(40)47/h11-14,29,32-34,36-38,52H,15-28H2,1-10H3,(H,54,55)/t32-,33+,34-,36+,37-,38+,45+,46-,47+/m1/s1. The Bertz CT molecular complexity index is 1680. The van der Waals surface area contributed by atoms with Gasteiger partial charge in [0.15, 0.2) is 5.78 Å². The second-order valence-electron chi connectivity index (χ2n) is 21.1. The minimum atomic E-state index is -1.17. The monoisotopic (exact) mass is 779 g/mol. The number of aliphatic hydroxyl groups excluding tert-OH is 1. The topological polar surface area (TPSA) is 107 Å². The van der Waals surface area contributed by atoms with Crippen LogP contribution in [0.4, 0.5) is 4.39 Å². The van der Waals surface area contributed by atoms with Crippen LogP contribution >= 0.6 is 0 Å². The Morgan fingerprint density at radius 3 is 2.20 bits per heavy atom. The average molecular weight is 779 g/mol. The van der Waals surface area contributed by atoms with Crippen molar-refractivity contribution in [1.82, 2.24) is 9.80 Å². The van der Waals surface area contributed by atoms with E-state index in [2.05, 4.69) is 65.4 Å². The molecule has 312 valence electrons. The number of esters is 1. The molecule has 9 atom stereocenters. The summed E-state index contributed by atoms with van der Waals surface area (Å²) in [7, 11) is 4.10. The van der Waals surface area contributed by atoms with Crippen molar-refractivity contribution in [3.05, 3.63) is 46.8 Å². The highest BCUT2D eigenvalue weighted by Gasteiger charge is 2.67. The number of carboxylic acid groups (broad SMARTS) is 1. The second-order valence-corrected chi connectivity index (χ2v) is 21.1. The quantitative estimate of drug-likeness (QED) is 0.192. The lowest BCUT2D eigenvalue weighted by atomic mass is 9.37. The SMILES string of the molecule is CC(C)C1=C2[C@H]3CC[C@H]4[C@@H](CC[C@H]5C(C)(C)[C@@H](OC(=O)CC(C)(C)C(=O)O)CC[C@]45C)[C@]3(C)CC[C@@]2([C@H](O)CN(CCN(C)C)Cc2ccc(F)cc2)CC1=O. The number of Topliss-reactive ketones (excluding diaryl/α,β-unsaturated/α-hetero) is 1. The molecular weight excluding hydrogens is 708 g/mol. The molecule has 0 aliphatic heterocycles. The Balaban J connectivity index is 1.26. The van der Waals surface area contributed by atoms with Crippen molar-refractivity contribution < 1.29 is 33.7 Å². The number of hydrogen-bond donors (Lipinski definition) is 2. The van der Waals surface area contributed by atoms with Crippen LogP contribution in [-0.4, -0.2) is 83.7 Å². The minimum absolute atomic E-state index is 0.00873. The molecule has 8 nitrogen and oxygen atoms in total. The van der Waals surface area contributed by atoms with E-state index in [0.29, 0.717) is 37.3 Å². The summed E-state index contributed by atoms with van der Waals surface area (Å²) in [6.45, 7) is 19.6. The van der Waals surface area contributed by atoms with Crippen molar-refractivity contribution in [1.29, 1.82) is 0 Å². The fourth-order valence-electron chi connectivity index (χ4n) is 13.2. The molecule has 2 N–H and O–H groups in total. The number of halogens is 1. The molecule has 0 radical (unpaired) electrons. The smallest absolute Gasteiger partial charge is 0.309 e. The number of aliphatic hydroxyl groups is 1. The molecule has 0 amide bonds. The molecule has 0 heterocycles. The molecule has 1 aromatic carbocycles. The van der Waals surface area contributed by atoms with Crippen molar-refractivity contribution in [2.75, 3.05) is 33.7 Å². The van der Waals surface area contributed by atoms with Gasteiger partial charge in [-0.25, -0.2) is 4.39 Å². The summed E-state index contributed by atoms with van der Waals surface area (Å²) in [6, 6.07) is 6.65. The van der Waals surface area contributed by atoms with E-state index in [-0.39, 0.29) is 52.2 Å². The predicted molar refractivity (Wildman–Crippen MR) is 217 cm³/mol. The first-order chi connectivity index (χ1) is 26.1. The number of ether oxygens (including phenoxy) is 1. The lowest BCUT2D eigenvalue weighted by molar-refractivity contribution is -0.205. The summed E-state index contributed by atoms with van der Waals surface area (Å²) in [5.74, 6) is 0.245. The highest BCUT2D eigenvalue weighted by atomic mass is 19.1. The van der Waals surface area contributed by atoms with Gasteiger partial charge >= 0.3 is 11.9 Å². The highest BCUT2D eigenvalue weighted by molar-refractivity contribution is 6.00. The largest absolute Gasteiger partial charge is 0.481 e. The number of fused-ring (bicyclic) bond motifs is 7. The number of nitrogens with zero attached hydrogens (tertiary/aromatic N) is 2. The summed E-state index contributed by atoms with van der Waals surface area (Å²) >= 11 is 0. The fourth-order valence-corrected chi connectivity index (χ4v) is 13.2. The third kappa shape index (κ3) is 7.56. The van der Waals surface area contributed by atoms with E-state index in [4.69, 9.17) is 4.74 Å². The van der Waals surface area contributed by atoms with Crippen LogP contribution in [0.15, 0.2) is 35.4 Å². The molecule has 1 aromatic rings. The van der Waals surface area contributed by atoms with Crippen LogP contribution in [0.5, 0.6) is 0 Å². The third-order valence-electron chi connectivity index (χ3n) is 16.3. The molecule has 5 aliphatic rings. The zero-order chi connectivity index (χ0) is 41.2. The molecule has 9 heteroatoms. The first kappa shape index (κ1) is 43.0. The number of likely N-dealkylation sites (N-methyl/N-ethyl adjacent to an activating group) is 1. The van der Waals surface area contributed by atoms with Crippen molar-refractivity contribution in [3.8, 4) is 0 Å². The number of ketones is 1. The van der Waals surface area contributed by atoms with E-state index >= 15 is 0 Å². The average Bonchev–Trinajstić information content (AvgIpc) is 3.42. The van der Waals surface area contributed by atoms with Crippen LogP contribution < -0.4 is 0 Å². The van der Waals surface area contributed by atoms with Gasteiger partial charge in [-0.2, -0.15) is 0 Å². The maximum absolute atomic E-state index is 14.2. The zero-order valence-electron chi connectivity index (χ0n) is 36.1. The van der Waals surface area contributed by atoms with Crippen LogP contribution in [-0.2, 0) is 25.7 Å². The van der Waals surface area contributed by atoms with Crippen molar-refractivity contribution in [2.45, 2.75) is 138 Å².